The van der Waals surface area contributed by atoms with Crippen molar-refractivity contribution in [2.75, 3.05) is 7.05 Å². The average molecular weight is 393 g/mol. The van der Waals surface area contributed by atoms with E-state index in [2.05, 4.69) is 21.2 Å². The number of nitrogens with one attached hydrogen (secondary N) is 1. The van der Waals surface area contributed by atoms with Gasteiger partial charge in [-0.25, -0.2) is 4.98 Å². The van der Waals surface area contributed by atoms with Crippen LogP contribution in [0.15, 0.2) is 21.4 Å². The number of rotatable bonds is 5. The molecular weight excluding hydrogens is 372 g/mol. The Kier molecular flexibility index (Phi) is 5.19. The molecule has 2 aliphatic heterocycles. The number of aryl methyl sites for hydroxylation is 1. The summed E-state index contributed by atoms with van der Waals surface area (Å²) in [4.78, 5) is 46.1. The van der Waals surface area contributed by atoms with Crippen molar-refractivity contribution in [3.05, 3.63) is 27.1 Å². The van der Waals surface area contributed by atoms with Crippen LogP contribution in [0.4, 0.5) is 0 Å². The van der Waals surface area contributed by atoms with Crippen LogP contribution in [0.3, 0.4) is 0 Å². The monoisotopic (exact) mass is 392 g/mol. The highest BCUT2D eigenvalue weighted by atomic mass is 32.2. The Morgan fingerprint density at radius 1 is 1.58 bits per heavy atom. The molecule has 1 saturated heterocycles. The largest absolute Gasteiger partial charge is 0.336 e. The minimum atomic E-state index is -0.628. The van der Waals surface area contributed by atoms with E-state index in [9.17, 15) is 14.4 Å². The van der Waals surface area contributed by atoms with Gasteiger partial charge in [-0.15, -0.1) is 21.8 Å². The van der Waals surface area contributed by atoms with Gasteiger partial charge in [-0.3, -0.25) is 14.6 Å². The summed E-state index contributed by atoms with van der Waals surface area (Å²) in [5, 5.41) is 7.18. The third kappa shape index (κ3) is 3.05. The number of carbonyl (C=O) groups excluding carboxylic acids is 3. The van der Waals surface area contributed by atoms with Gasteiger partial charge in [-0.2, -0.15) is 0 Å². The molecule has 4 unspecified atom stereocenters. The van der Waals surface area contributed by atoms with Crippen molar-refractivity contribution < 1.29 is 14.4 Å². The molecule has 7 nitrogen and oxygen atoms in total. The molecule has 0 aliphatic carbocycles. The van der Waals surface area contributed by atoms with Gasteiger partial charge in [0.1, 0.15) is 29.1 Å². The van der Waals surface area contributed by atoms with E-state index >= 15 is 0 Å². The fourth-order valence-electron chi connectivity index (χ4n) is 3.22. The van der Waals surface area contributed by atoms with Gasteiger partial charge in [0.25, 0.3) is 5.91 Å². The fraction of sp³-hybridized carbons (Fsp3) is 0.412. The first-order valence-corrected chi connectivity index (χ1v) is 10.5. The number of nitrogens with zero attached hydrogens (tertiary/aromatic N) is 3. The van der Waals surface area contributed by atoms with E-state index in [1.54, 1.807) is 10.3 Å². The predicted molar refractivity (Wildman–Crippen MR) is 105 cm³/mol. The molecule has 3 rings (SSSR count). The first-order chi connectivity index (χ1) is 12.4. The summed E-state index contributed by atoms with van der Waals surface area (Å²) in [7, 11) is 1.04. The molecular formula is C17H20N4O3S2. The lowest BCUT2D eigenvalue weighted by Gasteiger charge is -2.53. The number of carbonyl (C=O) groups is 3. The zero-order valence-corrected chi connectivity index (χ0v) is 16.4. The Bertz CT molecular complexity index is 858. The first kappa shape index (κ1) is 18.7. The summed E-state index contributed by atoms with van der Waals surface area (Å²) < 4.78 is 0. The predicted octanol–water partition coefficient (Wildman–Crippen LogP) is 1.10. The highest BCUT2D eigenvalue weighted by Crippen LogP contribution is 2.43. The van der Waals surface area contributed by atoms with Gasteiger partial charge in [0.2, 0.25) is 5.91 Å². The summed E-state index contributed by atoms with van der Waals surface area (Å²) >= 11 is 1.44. The van der Waals surface area contributed by atoms with Crippen LogP contribution >= 0.6 is 21.8 Å². The molecule has 9 heteroatoms. The van der Waals surface area contributed by atoms with Crippen LogP contribution in [0.25, 0.3) is 0 Å². The van der Waals surface area contributed by atoms with Crippen molar-refractivity contribution in [2.24, 2.45) is 4.99 Å². The molecule has 138 valence electrons. The maximum atomic E-state index is 12.6. The van der Waals surface area contributed by atoms with Crippen molar-refractivity contribution in [3.63, 3.8) is 0 Å². The van der Waals surface area contributed by atoms with E-state index in [1.807, 2.05) is 19.3 Å². The van der Waals surface area contributed by atoms with Crippen LogP contribution in [0.1, 0.15) is 24.0 Å². The smallest absolute Gasteiger partial charge is 0.272 e. The molecule has 1 aromatic rings. The minimum absolute atomic E-state index is 0.154. The van der Waals surface area contributed by atoms with Gasteiger partial charge in [-0.1, -0.05) is 5.87 Å². The normalized spacial score (nSPS) is 28.1. The second-order valence-electron chi connectivity index (χ2n) is 6.12. The number of aliphatic imine (C=N–C) groups is 1. The lowest BCUT2D eigenvalue weighted by molar-refractivity contribution is -0.150. The molecule has 0 aromatic carbocycles. The van der Waals surface area contributed by atoms with Crippen LogP contribution in [0, 0.1) is 6.92 Å². The van der Waals surface area contributed by atoms with Crippen LogP contribution in [0.5, 0.6) is 0 Å². The number of fused-ring (bicyclic) bond motifs is 1. The maximum Gasteiger partial charge on any atom is 0.272 e. The lowest BCUT2D eigenvalue weighted by atomic mass is 9.98. The van der Waals surface area contributed by atoms with Crippen molar-refractivity contribution >= 4 is 51.5 Å². The molecule has 2 amide bonds. The molecule has 0 saturated carbocycles. The highest BCUT2D eigenvalue weighted by Gasteiger charge is 2.53. The zero-order valence-electron chi connectivity index (χ0n) is 14.8. The Morgan fingerprint density at radius 3 is 2.88 bits per heavy atom. The topological polar surface area (TPSA) is 91.7 Å². The molecule has 1 N–H and O–H groups in total. The minimum Gasteiger partial charge on any atom is -0.336 e. The Labute approximate surface area is 158 Å². The maximum absolute atomic E-state index is 12.6. The van der Waals surface area contributed by atoms with Gasteiger partial charge in [0.15, 0.2) is 0 Å². The second kappa shape index (κ2) is 7.24. The van der Waals surface area contributed by atoms with Gasteiger partial charge in [0.05, 0.1) is 11.0 Å². The molecule has 0 bridgehead atoms. The van der Waals surface area contributed by atoms with E-state index in [-0.39, 0.29) is 23.0 Å². The molecule has 26 heavy (non-hydrogen) atoms. The van der Waals surface area contributed by atoms with Crippen LogP contribution in [-0.2, 0) is 14.4 Å². The second-order valence-corrected chi connectivity index (χ2v) is 8.84. The molecule has 3 heterocycles. The standard InChI is InChI=1S/C17H20N4O3S2/c1-9-11(5-6-22)8-26(4)17-14(16(24)21(9)17)20-15(23)13(18-3)12-7-25-10(2)19-12/h6-9,14,17H,4-5H2,1-3H3,(H,20,23). The summed E-state index contributed by atoms with van der Waals surface area (Å²) in [5.74, 6) is 3.55. The number of β-lactam (4-membered cyclic amide) rings is 1. The van der Waals surface area contributed by atoms with Crippen molar-refractivity contribution in [3.8, 4) is 0 Å². The molecule has 1 fully saturated rings. The summed E-state index contributed by atoms with van der Waals surface area (Å²) in [6.45, 7) is 3.75. The van der Waals surface area contributed by atoms with E-state index in [0.717, 1.165) is 16.9 Å². The lowest BCUT2D eigenvalue weighted by Crippen LogP contribution is -2.73. The average Bonchev–Trinajstić information content (AvgIpc) is 3.02. The van der Waals surface area contributed by atoms with Crippen LogP contribution in [0.2, 0.25) is 0 Å². The Morgan fingerprint density at radius 2 is 2.31 bits per heavy atom. The molecule has 0 spiro atoms. The number of hydrogen-bond acceptors (Lipinski definition) is 6. The number of hydrogen-bond donors (Lipinski definition) is 1. The number of aromatic nitrogens is 1. The van der Waals surface area contributed by atoms with E-state index in [1.165, 1.54) is 18.4 Å². The SMILES string of the molecule is C=S1C=C(CC=O)C(C)N2C(=O)C(NC(=O)C(=NC)c3csc(C)n3)C21. The van der Waals surface area contributed by atoms with Gasteiger partial charge < -0.3 is 15.0 Å². The highest BCUT2D eigenvalue weighted by molar-refractivity contribution is 8.17. The van der Waals surface area contributed by atoms with Gasteiger partial charge in [0, 0.05) is 18.8 Å². The third-order valence-electron chi connectivity index (χ3n) is 4.55. The summed E-state index contributed by atoms with van der Waals surface area (Å²) in [6.07, 6.45) is 1.13. The molecule has 2 aliphatic rings. The molecule has 4 atom stereocenters. The number of thiazole rings is 1. The molecule has 1 aromatic heterocycles. The fourth-order valence-corrected chi connectivity index (χ4v) is 5.75. The Balaban J connectivity index is 1.78. The van der Waals surface area contributed by atoms with Crippen molar-refractivity contribution in [1.29, 1.82) is 0 Å². The van der Waals surface area contributed by atoms with Crippen molar-refractivity contribution in [2.45, 2.75) is 37.7 Å². The zero-order chi connectivity index (χ0) is 19.0. The quantitative estimate of drug-likeness (QED) is 0.352. The van der Waals surface area contributed by atoms with E-state index in [4.69, 9.17) is 0 Å². The third-order valence-corrected chi connectivity index (χ3v) is 7.05. The van der Waals surface area contributed by atoms with Crippen LogP contribution < -0.4 is 5.32 Å². The van der Waals surface area contributed by atoms with E-state index in [0.29, 0.717) is 12.1 Å². The van der Waals surface area contributed by atoms with E-state index < -0.39 is 22.4 Å². The van der Waals surface area contributed by atoms with Gasteiger partial charge >= 0.3 is 0 Å². The molecule has 0 radical (unpaired) electrons. The summed E-state index contributed by atoms with van der Waals surface area (Å²) in [5.41, 5.74) is 1.63. The number of aldehydes is 1. The first-order valence-electron chi connectivity index (χ1n) is 8.07. The summed E-state index contributed by atoms with van der Waals surface area (Å²) in [6, 6.07) is -0.784. The van der Waals surface area contributed by atoms with Crippen LogP contribution in [-0.4, -0.2) is 64.1 Å². The Hall–Kier alpha value is -2.13. The number of amides is 2. The van der Waals surface area contributed by atoms with Crippen molar-refractivity contribution in [1.82, 2.24) is 15.2 Å². The van der Waals surface area contributed by atoms with Gasteiger partial charge in [-0.05, 0) is 24.8 Å².